The number of fused-ring (bicyclic) bond motifs is 1. The second-order valence-corrected chi connectivity index (χ2v) is 5.49. The van der Waals surface area contributed by atoms with E-state index in [2.05, 4.69) is 39.1 Å². The van der Waals surface area contributed by atoms with Crippen molar-refractivity contribution in [3.05, 3.63) is 54.1 Å². The van der Waals surface area contributed by atoms with Gasteiger partial charge in [0.05, 0.1) is 6.33 Å². The average molecular weight is 270 g/mol. The lowest BCUT2D eigenvalue weighted by molar-refractivity contribution is 0.478. The Kier molecular flexibility index (Phi) is 4.14. The first kappa shape index (κ1) is 13.3. The zero-order chi connectivity index (χ0) is 13.8. The first-order valence-electron chi connectivity index (χ1n) is 7.38. The summed E-state index contributed by atoms with van der Waals surface area (Å²) in [6.45, 7) is 2.09. The van der Waals surface area contributed by atoms with Crippen LogP contribution in [0.1, 0.15) is 42.5 Å². The maximum absolute atomic E-state index is 6.18. The van der Waals surface area contributed by atoms with Crippen molar-refractivity contribution in [1.82, 2.24) is 14.9 Å². The van der Waals surface area contributed by atoms with Crippen molar-refractivity contribution in [1.29, 1.82) is 0 Å². The quantitative estimate of drug-likeness (QED) is 0.792. The van der Waals surface area contributed by atoms with E-state index in [-0.39, 0.29) is 6.04 Å². The Bertz CT molecular complexity index is 535. The van der Waals surface area contributed by atoms with E-state index in [1.54, 1.807) is 0 Å². The maximum Gasteiger partial charge on any atom is 0.0945 e. The topological polar surface area (TPSA) is 55.9 Å². The highest BCUT2D eigenvalue weighted by Crippen LogP contribution is 2.36. The van der Waals surface area contributed by atoms with E-state index in [1.165, 1.54) is 24.0 Å². The fourth-order valence-corrected chi connectivity index (χ4v) is 2.98. The minimum absolute atomic E-state index is 0.189. The molecule has 2 atom stereocenters. The van der Waals surface area contributed by atoms with Crippen molar-refractivity contribution in [2.75, 3.05) is 6.54 Å². The third-order valence-electron chi connectivity index (χ3n) is 4.05. The Hall–Kier alpha value is -1.65. The molecule has 1 aromatic heterocycles. The molecule has 0 spiro atoms. The van der Waals surface area contributed by atoms with Gasteiger partial charge < -0.3 is 15.6 Å². The standard InChI is InChI=1S/C16H22N4/c17-15-11-16(14-6-2-1-5-13(14)15)19-7-3-4-9-20-10-8-18-12-20/h1-2,5-6,8,10,12,15-16,19H,3-4,7,9,11,17H2. The van der Waals surface area contributed by atoms with E-state index in [1.807, 2.05) is 18.7 Å². The summed E-state index contributed by atoms with van der Waals surface area (Å²) in [6, 6.07) is 9.15. The number of hydrogen-bond donors (Lipinski definition) is 2. The summed E-state index contributed by atoms with van der Waals surface area (Å²) < 4.78 is 2.13. The molecule has 4 heteroatoms. The Morgan fingerprint density at radius 1 is 1.25 bits per heavy atom. The lowest BCUT2D eigenvalue weighted by atomic mass is 10.1. The Morgan fingerprint density at radius 3 is 2.90 bits per heavy atom. The number of imidazole rings is 1. The van der Waals surface area contributed by atoms with E-state index in [9.17, 15) is 0 Å². The van der Waals surface area contributed by atoms with Crippen LogP contribution in [0, 0.1) is 0 Å². The zero-order valence-corrected chi connectivity index (χ0v) is 11.7. The Labute approximate surface area is 120 Å². The van der Waals surface area contributed by atoms with Crippen molar-refractivity contribution >= 4 is 0 Å². The van der Waals surface area contributed by atoms with Crippen LogP contribution in [0.25, 0.3) is 0 Å². The molecule has 0 aliphatic heterocycles. The highest BCUT2D eigenvalue weighted by Gasteiger charge is 2.27. The van der Waals surface area contributed by atoms with Gasteiger partial charge in [-0.2, -0.15) is 0 Å². The molecule has 3 N–H and O–H groups in total. The van der Waals surface area contributed by atoms with Crippen molar-refractivity contribution < 1.29 is 0 Å². The average Bonchev–Trinajstić information content (AvgIpc) is 3.08. The van der Waals surface area contributed by atoms with E-state index < -0.39 is 0 Å². The van der Waals surface area contributed by atoms with Crippen LogP contribution in [0.5, 0.6) is 0 Å². The van der Waals surface area contributed by atoms with Crippen LogP contribution in [-0.2, 0) is 6.54 Å². The van der Waals surface area contributed by atoms with Gasteiger partial charge in [-0.1, -0.05) is 24.3 Å². The number of unbranched alkanes of at least 4 members (excludes halogenated alkanes) is 1. The second kappa shape index (κ2) is 6.20. The van der Waals surface area contributed by atoms with Crippen molar-refractivity contribution in [2.45, 2.75) is 37.9 Å². The minimum Gasteiger partial charge on any atom is -0.337 e. The van der Waals surface area contributed by atoms with Crippen LogP contribution in [-0.4, -0.2) is 16.1 Å². The number of nitrogens with two attached hydrogens (primary N) is 1. The Balaban J connectivity index is 1.43. The lowest BCUT2D eigenvalue weighted by Crippen LogP contribution is -2.21. The molecule has 20 heavy (non-hydrogen) atoms. The fraction of sp³-hybridized carbons (Fsp3) is 0.438. The number of nitrogens with zero attached hydrogens (tertiary/aromatic N) is 2. The Morgan fingerprint density at radius 2 is 2.10 bits per heavy atom. The first-order chi connectivity index (χ1) is 9.84. The van der Waals surface area contributed by atoms with Crippen LogP contribution in [0.15, 0.2) is 43.0 Å². The lowest BCUT2D eigenvalue weighted by Gasteiger charge is -2.14. The monoisotopic (exact) mass is 270 g/mol. The molecule has 0 bridgehead atoms. The van der Waals surface area contributed by atoms with Crippen molar-refractivity contribution in [3.63, 3.8) is 0 Å². The van der Waals surface area contributed by atoms with Crippen LogP contribution in [0.4, 0.5) is 0 Å². The van der Waals surface area contributed by atoms with Gasteiger partial charge in [-0.15, -0.1) is 0 Å². The summed E-state index contributed by atoms with van der Waals surface area (Å²) in [5, 5.41) is 3.64. The smallest absolute Gasteiger partial charge is 0.0945 e. The van der Waals surface area contributed by atoms with Crippen molar-refractivity contribution in [3.8, 4) is 0 Å². The van der Waals surface area contributed by atoms with Gasteiger partial charge in [-0.3, -0.25) is 0 Å². The van der Waals surface area contributed by atoms with Gasteiger partial charge in [0.15, 0.2) is 0 Å². The summed E-state index contributed by atoms with van der Waals surface area (Å²) in [5.41, 5.74) is 8.87. The van der Waals surface area contributed by atoms with Gasteiger partial charge in [0, 0.05) is 31.0 Å². The first-order valence-corrected chi connectivity index (χ1v) is 7.38. The van der Waals surface area contributed by atoms with E-state index in [0.29, 0.717) is 6.04 Å². The number of hydrogen-bond acceptors (Lipinski definition) is 3. The maximum atomic E-state index is 6.18. The molecule has 2 unspecified atom stereocenters. The largest absolute Gasteiger partial charge is 0.337 e. The van der Waals surface area contributed by atoms with Gasteiger partial charge in [0.1, 0.15) is 0 Å². The molecule has 1 heterocycles. The predicted molar refractivity (Wildman–Crippen MR) is 80.2 cm³/mol. The molecule has 0 amide bonds. The molecule has 1 aliphatic carbocycles. The molecule has 0 saturated heterocycles. The normalized spacial score (nSPS) is 21.1. The number of aryl methyl sites for hydroxylation is 1. The molecule has 1 aliphatic rings. The van der Waals surface area contributed by atoms with Crippen molar-refractivity contribution in [2.24, 2.45) is 5.73 Å². The second-order valence-electron chi connectivity index (χ2n) is 5.49. The summed E-state index contributed by atoms with van der Waals surface area (Å²) in [7, 11) is 0. The van der Waals surface area contributed by atoms with Gasteiger partial charge in [0.2, 0.25) is 0 Å². The van der Waals surface area contributed by atoms with E-state index in [0.717, 1.165) is 19.5 Å². The molecule has 0 saturated carbocycles. The zero-order valence-electron chi connectivity index (χ0n) is 11.7. The predicted octanol–water partition coefficient (Wildman–Crippen LogP) is 2.40. The molecule has 3 rings (SSSR count). The third-order valence-corrected chi connectivity index (χ3v) is 4.05. The summed E-state index contributed by atoms with van der Waals surface area (Å²) in [5.74, 6) is 0. The van der Waals surface area contributed by atoms with Gasteiger partial charge in [-0.25, -0.2) is 4.98 Å². The molecule has 0 radical (unpaired) electrons. The number of benzene rings is 1. The van der Waals surface area contributed by atoms with Gasteiger partial charge >= 0.3 is 0 Å². The molecular weight excluding hydrogens is 248 g/mol. The number of aromatic nitrogens is 2. The van der Waals surface area contributed by atoms with Crippen LogP contribution < -0.4 is 11.1 Å². The van der Waals surface area contributed by atoms with E-state index in [4.69, 9.17) is 5.73 Å². The minimum atomic E-state index is 0.189. The molecular formula is C16H22N4. The number of rotatable bonds is 6. The fourth-order valence-electron chi connectivity index (χ4n) is 2.98. The molecule has 106 valence electrons. The number of nitrogens with one attached hydrogen (secondary N) is 1. The molecule has 2 aromatic rings. The van der Waals surface area contributed by atoms with Crippen LogP contribution >= 0.6 is 0 Å². The summed E-state index contributed by atoms with van der Waals surface area (Å²) in [4.78, 5) is 4.05. The summed E-state index contributed by atoms with van der Waals surface area (Å²) >= 11 is 0. The SMILES string of the molecule is NC1CC(NCCCCn2ccnc2)c2ccccc21. The molecule has 4 nitrogen and oxygen atoms in total. The van der Waals surface area contributed by atoms with E-state index >= 15 is 0 Å². The van der Waals surface area contributed by atoms with Crippen LogP contribution in [0.2, 0.25) is 0 Å². The van der Waals surface area contributed by atoms with Crippen LogP contribution in [0.3, 0.4) is 0 Å². The highest BCUT2D eigenvalue weighted by atomic mass is 15.0. The van der Waals surface area contributed by atoms with Gasteiger partial charge in [-0.05, 0) is 36.9 Å². The molecule has 1 aromatic carbocycles. The third kappa shape index (κ3) is 2.92. The van der Waals surface area contributed by atoms with Gasteiger partial charge in [0.25, 0.3) is 0 Å². The summed E-state index contributed by atoms with van der Waals surface area (Å²) in [6.07, 6.45) is 9.07. The molecule has 0 fully saturated rings. The highest BCUT2D eigenvalue weighted by molar-refractivity contribution is 5.37.